The molecule has 6 nitrogen and oxygen atoms in total. The quantitative estimate of drug-likeness (QED) is 0.811. The molecule has 0 unspecified atom stereocenters. The van der Waals surface area contributed by atoms with Crippen molar-refractivity contribution >= 4 is 11.6 Å². The lowest BCUT2D eigenvalue weighted by Gasteiger charge is -2.07. The molecule has 0 atom stereocenters. The van der Waals surface area contributed by atoms with Crippen molar-refractivity contribution < 1.29 is 4.79 Å². The topological polar surface area (TPSA) is 71.8 Å². The molecule has 6 heteroatoms. The van der Waals surface area contributed by atoms with Gasteiger partial charge in [0.25, 0.3) is 5.91 Å². The first-order valence-corrected chi connectivity index (χ1v) is 7.15. The molecule has 2 N–H and O–H groups in total. The van der Waals surface area contributed by atoms with Crippen LogP contribution in [0.4, 0.5) is 5.69 Å². The molecule has 0 radical (unpaired) electrons. The van der Waals surface area contributed by atoms with Crippen LogP contribution in [-0.4, -0.2) is 33.8 Å². The van der Waals surface area contributed by atoms with E-state index >= 15 is 0 Å². The van der Waals surface area contributed by atoms with Crippen molar-refractivity contribution in [2.45, 2.75) is 19.8 Å². The summed E-state index contributed by atoms with van der Waals surface area (Å²) in [5, 5.41) is 10.2. The first-order valence-electron chi connectivity index (χ1n) is 7.15. The highest BCUT2D eigenvalue weighted by molar-refractivity contribution is 5.92. The summed E-state index contributed by atoms with van der Waals surface area (Å²) in [5.41, 5.74) is 2.45. The van der Waals surface area contributed by atoms with Gasteiger partial charge in [-0.2, -0.15) is 5.10 Å². The molecule has 0 bridgehead atoms. The van der Waals surface area contributed by atoms with Crippen molar-refractivity contribution in [3.8, 4) is 0 Å². The fourth-order valence-electron chi connectivity index (χ4n) is 1.94. The van der Waals surface area contributed by atoms with Crippen LogP contribution < -0.4 is 10.6 Å². The molecule has 2 rings (SSSR count). The lowest BCUT2D eigenvalue weighted by atomic mass is 10.3. The number of aromatic nitrogens is 3. The summed E-state index contributed by atoms with van der Waals surface area (Å²) in [6.07, 6.45) is 5.24. The smallest absolute Gasteiger partial charge is 0.269 e. The Morgan fingerprint density at radius 1 is 1.29 bits per heavy atom. The Morgan fingerprint density at radius 3 is 2.76 bits per heavy atom. The molecule has 21 heavy (non-hydrogen) atoms. The van der Waals surface area contributed by atoms with E-state index in [9.17, 15) is 4.79 Å². The minimum atomic E-state index is -0.154. The van der Waals surface area contributed by atoms with Crippen molar-refractivity contribution in [2.24, 2.45) is 7.05 Å². The molecule has 0 aliphatic heterocycles. The number of hydrogen-bond donors (Lipinski definition) is 2. The van der Waals surface area contributed by atoms with Crippen molar-refractivity contribution in [1.82, 2.24) is 20.1 Å². The van der Waals surface area contributed by atoms with Gasteiger partial charge in [-0.1, -0.05) is 6.92 Å². The Labute approximate surface area is 124 Å². The number of pyridine rings is 1. The maximum absolute atomic E-state index is 12.0. The summed E-state index contributed by atoms with van der Waals surface area (Å²) in [6.45, 7) is 3.57. The largest absolute Gasteiger partial charge is 0.384 e. The van der Waals surface area contributed by atoms with Crippen LogP contribution in [0, 0.1) is 0 Å². The summed E-state index contributed by atoms with van der Waals surface area (Å²) in [5.74, 6) is -0.154. The van der Waals surface area contributed by atoms with Crippen LogP contribution in [0.15, 0.2) is 30.6 Å². The predicted octanol–water partition coefficient (Wildman–Crippen LogP) is 1.61. The zero-order valence-corrected chi connectivity index (χ0v) is 12.5. The van der Waals surface area contributed by atoms with Crippen LogP contribution in [-0.2, 0) is 13.5 Å². The third-order valence-corrected chi connectivity index (χ3v) is 3.16. The van der Waals surface area contributed by atoms with Crippen LogP contribution in [0.3, 0.4) is 0 Å². The summed E-state index contributed by atoms with van der Waals surface area (Å²) >= 11 is 0. The van der Waals surface area contributed by atoms with Crippen molar-refractivity contribution in [3.05, 3.63) is 42.0 Å². The molecule has 0 saturated heterocycles. The molecule has 0 aliphatic rings. The van der Waals surface area contributed by atoms with E-state index in [1.807, 2.05) is 19.2 Å². The molecular formula is C15H21N5O. The van der Waals surface area contributed by atoms with E-state index in [1.54, 1.807) is 23.1 Å². The monoisotopic (exact) mass is 287 g/mol. The van der Waals surface area contributed by atoms with Gasteiger partial charge >= 0.3 is 0 Å². The molecule has 0 aliphatic carbocycles. The number of hydrogen-bond acceptors (Lipinski definition) is 4. The number of aryl methyl sites for hydroxylation is 1. The molecule has 2 aromatic rings. The SMILES string of the molecule is CCCNc1ccc(C(=O)NCCc2ccnn2C)nc1. The third-order valence-electron chi connectivity index (χ3n) is 3.16. The Balaban J connectivity index is 1.81. The van der Waals surface area contributed by atoms with E-state index in [4.69, 9.17) is 0 Å². The van der Waals surface area contributed by atoms with Crippen molar-refractivity contribution in [3.63, 3.8) is 0 Å². The number of amides is 1. The van der Waals surface area contributed by atoms with E-state index in [0.29, 0.717) is 12.2 Å². The van der Waals surface area contributed by atoms with E-state index < -0.39 is 0 Å². The van der Waals surface area contributed by atoms with Crippen LogP contribution in [0.5, 0.6) is 0 Å². The van der Waals surface area contributed by atoms with Gasteiger partial charge in [0.05, 0.1) is 11.9 Å². The molecule has 0 fully saturated rings. The second-order valence-electron chi connectivity index (χ2n) is 4.81. The Bertz CT molecular complexity index is 576. The third kappa shape index (κ3) is 4.30. The van der Waals surface area contributed by atoms with Gasteiger partial charge in [0.2, 0.25) is 0 Å². The molecule has 2 heterocycles. The second kappa shape index (κ2) is 7.42. The van der Waals surface area contributed by atoms with Crippen molar-refractivity contribution in [1.29, 1.82) is 0 Å². The van der Waals surface area contributed by atoms with Gasteiger partial charge in [-0.15, -0.1) is 0 Å². The zero-order valence-electron chi connectivity index (χ0n) is 12.5. The van der Waals surface area contributed by atoms with E-state index in [0.717, 1.165) is 30.8 Å². The highest BCUT2D eigenvalue weighted by atomic mass is 16.1. The zero-order chi connectivity index (χ0) is 15.1. The first-order chi connectivity index (χ1) is 10.2. The van der Waals surface area contributed by atoms with Crippen LogP contribution in [0.2, 0.25) is 0 Å². The summed E-state index contributed by atoms with van der Waals surface area (Å²) < 4.78 is 1.80. The van der Waals surface area contributed by atoms with Gasteiger partial charge in [-0.05, 0) is 24.6 Å². The molecule has 2 aromatic heterocycles. The number of nitrogens with one attached hydrogen (secondary N) is 2. The molecular weight excluding hydrogens is 266 g/mol. The molecule has 0 saturated carbocycles. The van der Waals surface area contributed by atoms with E-state index in [2.05, 4.69) is 27.6 Å². The highest BCUT2D eigenvalue weighted by Gasteiger charge is 2.07. The fraction of sp³-hybridized carbons (Fsp3) is 0.400. The Morgan fingerprint density at radius 2 is 2.14 bits per heavy atom. The predicted molar refractivity (Wildman–Crippen MR) is 82.3 cm³/mol. The normalized spacial score (nSPS) is 10.4. The van der Waals surface area contributed by atoms with Crippen LogP contribution in [0.25, 0.3) is 0 Å². The molecule has 0 aromatic carbocycles. The van der Waals surface area contributed by atoms with Crippen LogP contribution in [0.1, 0.15) is 29.5 Å². The number of nitrogens with zero attached hydrogens (tertiary/aromatic N) is 3. The molecule has 112 valence electrons. The van der Waals surface area contributed by atoms with E-state index in [-0.39, 0.29) is 5.91 Å². The number of rotatable bonds is 7. The van der Waals surface area contributed by atoms with Crippen LogP contribution >= 0.6 is 0 Å². The average molecular weight is 287 g/mol. The van der Waals surface area contributed by atoms with Gasteiger partial charge in [0.1, 0.15) is 5.69 Å². The van der Waals surface area contributed by atoms with Gasteiger partial charge in [-0.3, -0.25) is 9.48 Å². The molecule has 0 spiro atoms. The average Bonchev–Trinajstić information content (AvgIpc) is 2.91. The van der Waals surface area contributed by atoms with E-state index in [1.165, 1.54) is 0 Å². The Kier molecular flexibility index (Phi) is 5.31. The Hall–Kier alpha value is -2.37. The number of carbonyl (C=O) groups is 1. The first kappa shape index (κ1) is 15.0. The maximum atomic E-state index is 12.0. The second-order valence-corrected chi connectivity index (χ2v) is 4.81. The van der Waals surface area contributed by atoms with Gasteiger partial charge in [0.15, 0.2) is 0 Å². The minimum Gasteiger partial charge on any atom is -0.384 e. The number of carbonyl (C=O) groups excluding carboxylic acids is 1. The van der Waals surface area contributed by atoms with Gasteiger partial charge in [-0.25, -0.2) is 4.98 Å². The highest BCUT2D eigenvalue weighted by Crippen LogP contribution is 2.06. The summed E-state index contributed by atoms with van der Waals surface area (Å²) in [6, 6.07) is 5.55. The lowest BCUT2D eigenvalue weighted by molar-refractivity contribution is 0.0949. The lowest BCUT2D eigenvalue weighted by Crippen LogP contribution is -2.27. The minimum absolute atomic E-state index is 0.154. The van der Waals surface area contributed by atoms with Gasteiger partial charge in [0, 0.05) is 38.4 Å². The maximum Gasteiger partial charge on any atom is 0.269 e. The number of anilines is 1. The summed E-state index contributed by atoms with van der Waals surface area (Å²) in [7, 11) is 1.89. The van der Waals surface area contributed by atoms with Crippen molar-refractivity contribution in [2.75, 3.05) is 18.4 Å². The van der Waals surface area contributed by atoms with Gasteiger partial charge < -0.3 is 10.6 Å². The molecule has 1 amide bonds. The fourth-order valence-corrected chi connectivity index (χ4v) is 1.94. The standard InChI is InChI=1S/C15H21N5O/c1-3-8-16-12-4-5-14(18-11-12)15(21)17-9-6-13-7-10-19-20(13)2/h4-5,7,10-11,16H,3,6,8-9H2,1-2H3,(H,17,21). The summed E-state index contributed by atoms with van der Waals surface area (Å²) in [4.78, 5) is 16.1.